The van der Waals surface area contributed by atoms with Crippen LogP contribution in [0, 0.1) is 23.7 Å². The quantitative estimate of drug-likeness (QED) is 0.283. The minimum Gasteiger partial charge on any atom is -0.303 e. The van der Waals surface area contributed by atoms with E-state index in [0.29, 0.717) is 0 Å². The molecule has 0 fully saturated rings. The smallest absolute Gasteiger partial charge is 0.00122 e. The lowest BCUT2D eigenvalue weighted by molar-refractivity contribution is 0.140. The van der Waals surface area contributed by atoms with Gasteiger partial charge in [-0.15, -0.1) is 0 Å². The molecule has 0 spiro atoms. The van der Waals surface area contributed by atoms with E-state index in [0.717, 1.165) is 23.7 Å². The summed E-state index contributed by atoms with van der Waals surface area (Å²) in [5.41, 5.74) is 0. The van der Waals surface area contributed by atoms with Gasteiger partial charge in [0.15, 0.2) is 0 Å². The van der Waals surface area contributed by atoms with E-state index < -0.39 is 0 Å². The van der Waals surface area contributed by atoms with E-state index in [4.69, 9.17) is 0 Å². The number of hydrogen-bond donors (Lipinski definition) is 0. The number of unbranched alkanes of at least 4 members (excludes halogenated alkanes) is 2. The molecule has 0 bridgehead atoms. The molecular weight excluding hydrogens is 290 g/mol. The topological polar surface area (TPSA) is 3.24 Å². The van der Waals surface area contributed by atoms with Crippen LogP contribution >= 0.6 is 0 Å². The molecule has 0 saturated carbocycles. The molecule has 0 rings (SSSR count). The fourth-order valence-electron chi connectivity index (χ4n) is 3.93. The summed E-state index contributed by atoms with van der Waals surface area (Å²) in [6.07, 6.45) is 12.4. The van der Waals surface area contributed by atoms with Crippen LogP contribution in [-0.4, -0.2) is 24.5 Å². The lowest BCUT2D eigenvalue weighted by Crippen LogP contribution is -2.38. The molecule has 3 atom stereocenters. The highest BCUT2D eigenvalue weighted by molar-refractivity contribution is 4.74. The van der Waals surface area contributed by atoms with Crippen molar-refractivity contribution in [2.24, 2.45) is 23.7 Å². The second kappa shape index (κ2) is 15.2. The second-order valence-corrected chi connectivity index (χ2v) is 8.46. The first-order valence-corrected chi connectivity index (χ1v) is 11.2. The molecule has 0 heterocycles. The van der Waals surface area contributed by atoms with Crippen molar-refractivity contribution in [3.63, 3.8) is 0 Å². The van der Waals surface area contributed by atoms with Crippen LogP contribution in [0.2, 0.25) is 0 Å². The molecule has 0 aromatic rings. The van der Waals surface area contributed by atoms with E-state index in [1.165, 1.54) is 77.4 Å². The maximum Gasteiger partial charge on any atom is 0.00122 e. The molecule has 146 valence electrons. The summed E-state index contributed by atoms with van der Waals surface area (Å²) in [6.45, 7) is 20.6. The predicted molar refractivity (Wildman–Crippen MR) is 112 cm³/mol. The fraction of sp³-hybridized carbons (Fsp3) is 1.00. The van der Waals surface area contributed by atoms with E-state index in [1.54, 1.807) is 0 Å². The van der Waals surface area contributed by atoms with Crippen LogP contribution in [0.5, 0.6) is 0 Å². The standard InChI is InChI=1S/C23H49N/c1-8-13-15-21(10-3)17-24(19-23(12-5)20(6)7)18-22(11-4)16-14-9-2/h20-23H,8-19H2,1-7H3. The number of hydrogen-bond acceptors (Lipinski definition) is 1. The van der Waals surface area contributed by atoms with Gasteiger partial charge >= 0.3 is 0 Å². The molecule has 0 N–H and O–H groups in total. The zero-order valence-corrected chi connectivity index (χ0v) is 18.2. The third-order valence-electron chi connectivity index (χ3n) is 6.08. The van der Waals surface area contributed by atoms with Crippen molar-refractivity contribution in [2.75, 3.05) is 19.6 Å². The first kappa shape index (κ1) is 24.0. The molecule has 1 nitrogen and oxygen atoms in total. The Morgan fingerprint density at radius 2 is 1.08 bits per heavy atom. The highest BCUT2D eigenvalue weighted by Gasteiger charge is 2.21. The summed E-state index contributed by atoms with van der Waals surface area (Å²) in [6, 6.07) is 0. The van der Waals surface area contributed by atoms with Crippen LogP contribution < -0.4 is 0 Å². The Morgan fingerprint density at radius 1 is 0.625 bits per heavy atom. The first-order valence-electron chi connectivity index (χ1n) is 11.2. The number of rotatable bonds is 16. The number of nitrogens with zero attached hydrogens (tertiary/aromatic N) is 1. The van der Waals surface area contributed by atoms with Gasteiger partial charge in [0.1, 0.15) is 0 Å². The van der Waals surface area contributed by atoms with Gasteiger partial charge in [0.25, 0.3) is 0 Å². The van der Waals surface area contributed by atoms with Crippen LogP contribution in [0.4, 0.5) is 0 Å². The van der Waals surface area contributed by atoms with Crippen molar-refractivity contribution in [3.8, 4) is 0 Å². The molecule has 1 heteroatoms. The molecule has 0 aliphatic heterocycles. The summed E-state index contributed by atoms with van der Waals surface area (Å²) >= 11 is 0. The van der Waals surface area contributed by atoms with Crippen molar-refractivity contribution >= 4 is 0 Å². The molecule has 0 radical (unpaired) electrons. The van der Waals surface area contributed by atoms with Gasteiger partial charge in [-0.05, 0) is 36.5 Å². The average molecular weight is 340 g/mol. The minimum absolute atomic E-state index is 0.809. The predicted octanol–water partition coefficient (Wildman–Crippen LogP) is 7.40. The van der Waals surface area contributed by atoms with Gasteiger partial charge in [-0.3, -0.25) is 0 Å². The highest BCUT2D eigenvalue weighted by atomic mass is 15.1. The summed E-state index contributed by atoms with van der Waals surface area (Å²) < 4.78 is 0. The van der Waals surface area contributed by atoms with E-state index in [9.17, 15) is 0 Å². The monoisotopic (exact) mass is 339 g/mol. The lowest BCUT2D eigenvalue weighted by atomic mass is 9.90. The summed E-state index contributed by atoms with van der Waals surface area (Å²) in [4.78, 5) is 2.86. The van der Waals surface area contributed by atoms with Crippen LogP contribution in [0.1, 0.15) is 106 Å². The van der Waals surface area contributed by atoms with Gasteiger partial charge < -0.3 is 4.90 Å². The van der Waals surface area contributed by atoms with E-state index in [1.807, 2.05) is 0 Å². The average Bonchev–Trinajstić information content (AvgIpc) is 2.58. The molecule has 0 saturated heterocycles. The highest BCUT2D eigenvalue weighted by Crippen LogP contribution is 2.23. The van der Waals surface area contributed by atoms with Crippen LogP contribution in [-0.2, 0) is 0 Å². The SMILES string of the molecule is CCCCC(CC)CN(CC(CC)CCCC)CC(CC)C(C)C. The molecule has 3 unspecified atom stereocenters. The van der Waals surface area contributed by atoms with Crippen LogP contribution in [0.25, 0.3) is 0 Å². The van der Waals surface area contributed by atoms with Crippen molar-refractivity contribution in [3.05, 3.63) is 0 Å². The van der Waals surface area contributed by atoms with Crippen LogP contribution in [0.15, 0.2) is 0 Å². The van der Waals surface area contributed by atoms with Crippen molar-refractivity contribution in [2.45, 2.75) is 106 Å². The normalized spacial score (nSPS) is 15.9. The molecule has 0 aliphatic rings. The second-order valence-electron chi connectivity index (χ2n) is 8.46. The first-order chi connectivity index (χ1) is 11.5. The van der Waals surface area contributed by atoms with Gasteiger partial charge in [0.05, 0.1) is 0 Å². The zero-order chi connectivity index (χ0) is 18.4. The van der Waals surface area contributed by atoms with Crippen molar-refractivity contribution in [1.82, 2.24) is 4.90 Å². The zero-order valence-electron chi connectivity index (χ0n) is 18.2. The van der Waals surface area contributed by atoms with Gasteiger partial charge in [-0.2, -0.15) is 0 Å². The molecule has 0 aliphatic carbocycles. The Hall–Kier alpha value is -0.0400. The molecular formula is C23H49N. The van der Waals surface area contributed by atoms with Crippen molar-refractivity contribution < 1.29 is 0 Å². The molecule has 0 aromatic heterocycles. The third-order valence-corrected chi connectivity index (χ3v) is 6.08. The fourth-order valence-corrected chi connectivity index (χ4v) is 3.93. The van der Waals surface area contributed by atoms with Crippen LogP contribution in [0.3, 0.4) is 0 Å². The summed E-state index contributed by atoms with van der Waals surface area (Å²) in [7, 11) is 0. The van der Waals surface area contributed by atoms with E-state index >= 15 is 0 Å². The van der Waals surface area contributed by atoms with Gasteiger partial charge in [-0.25, -0.2) is 0 Å². The summed E-state index contributed by atoms with van der Waals surface area (Å²) in [5, 5.41) is 0. The molecule has 0 amide bonds. The van der Waals surface area contributed by atoms with Crippen molar-refractivity contribution in [1.29, 1.82) is 0 Å². The third kappa shape index (κ3) is 10.7. The summed E-state index contributed by atoms with van der Waals surface area (Å²) in [5.74, 6) is 3.47. The molecule has 0 aromatic carbocycles. The Labute approximate surface area is 155 Å². The Kier molecular flexibility index (Phi) is 15.2. The van der Waals surface area contributed by atoms with Gasteiger partial charge in [-0.1, -0.05) is 93.4 Å². The van der Waals surface area contributed by atoms with E-state index in [2.05, 4.69) is 53.4 Å². The van der Waals surface area contributed by atoms with Gasteiger partial charge in [0.2, 0.25) is 0 Å². The lowest BCUT2D eigenvalue weighted by Gasteiger charge is -2.34. The largest absolute Gasteiger partial charge is 0.303 e. The minimum atomic E-state index is 0.809. The maximum atomic E-state index is 2.86. The van der Waals surface area contributed by atoms with Gasteiger partial charge in [0, 0.05) is 19.6 Å². The molecule has 24 heavy (non-hydrogen) atoms. The Balaban J connectivity index is 4.83. The Morgan fingerprint density at radius 3 is 1.38 bits per heavy atom. The Bertz CT molecular complexity index is 243. The maximum absolute atomic E-state index is 2.86. The van der Waals surface area contributed by atoms with E-state index in [-0.39, 0.29) is 0 Å².